The number of pyridine rings is 1. The van der Waals surface area contributed by atoms with Crippen molar-refractivity contribution in [1.82, 2.24) is 15.6 Å². The third-order valence-electron chi connectivity index (χ3n) is 3.45. The first-order chi connectivity index (χ1) is 9.29. The average Bonchev–Trinajstić information content (AvgIpc) is 2.47. The molecule has 0 bridgehead atoms. The molecule has 1 aromatic rings. The number of rotatable bonds is 5. The van der Waals surface area contributed by atoms with Crippen LogP contribution in [-0.2, 0) is 4.79 Å². The maximum atomic E-state index is 11.4. The highest BCUT2D eigenvalue weighted by molar-refractivity contribution is 5.77. The molecular weight excluding hydrogens is 240 g/mol. The minimum Gasteiger partial charge on any atom is -0.371 e. The highest BCUT2D eigenvalue weighted by Gasteiger charge is 2.19. The Labute approximate surface area is 114 Å². The molecule has 2 heterocycles. The van der Waals surface area contributed by atoms with Gasteiger partial charge in [0.25, 0.3) is 0 Å². The summed E-state index contributed by atoms with van der Waals surface area (Å²) < 4.78 is 0. The van der Waals surface area contributed by atoms with E-state index >= 15 is 0 Å². The molecule has 0 saturated carbocycles. The number of nitrogens with zero attached hydrogens (tertiary/aromatic N) is 2. The maximum absolute atomic E-state index is 11.4. The van der Waals surface area contributed by atoms with Crippen molar-refractivity contribution >= 4 is 11.6 Å². The van der Waals surface area contributed by atoms with E-state index in [-0.39, 0.29) is 5.91 Å². The maximum Gasteiger partial charge on any atom is 0.233 e. The topological polar surface area (TPSA) is 57.3 Å². The lowest BCUT2D eigenvalue weighted by Crippen LogP contribution is -2.45. The van der Waals surface area contributed by atoms with Gasteiger partial charge in [0.05, 0.1) is 6.54 Å². The lowest BCUT2D eigenvalue weighted by atomic mass is 10.0. The molecule has 1 aliphatic rings. The van der Waals surface area contributed by atoms with Crippen LogP contribution in [0.1, 0.15) is 19.8 Å². The largest absolute Gasteiger partial charge is 0.371 e. The summed E-state index contributed by atoms with van der Waals surface area (Å²) in [6.45, 7) is 5.11. The minimum atomic E-state index is 0.0825. The Hall–Kier alpha value is -1.62. The SMILES string of the molecule is CCNC(=O)CNC1CCN(c2ccncc2)CC1. The molecule has 1 aliphatic heterocycles. The number of aromatic nitrogens is 1. The van der Waals surface area contributed by atoms with Crippen molar-refractivity contribution in [2.24, 2.45) is 0 Å². The van der Waals surface area contributed by atoms with E-state index in [9.17, 15) is 4.79 Å². The van der Waals surface area contributed by atoms with Crippen molar-refractivity contribution in [3.8, 4) is 0 Å². The molecule has 0 unspecified atom stereocenters. The number of carbonyl (C=O) groups is 1. The molecule has 1 fully saturated rings. The molecule has 5 heteroatoms. The Balaban J connectivity index is 1.72. The van der Waals surface area contributed by atoms with Crippen LogP contribution >= 0.6 is 0 Å². The zero-order chi connectivity index (χ0) is 13.5. The Kier molecular flexibility index (Phi) is 5.15. The standard InChI is InChI=1S/C14H22N4O/c1-2-16-14(19)11-17-12-5-9-18(10-6-12)13-3-7-15-8-4-13/h3-4,7-8,12,17H,2,5-6,9-11H2,1H3,(H,16,19). The Bertz CT molecular complexity index is 388. The fourth-order valence-electron chi connectivity index (χ4n) is 2.39. The van der Waals surface area contributed by atoms with Gasteiger partial charge in [0.2, 0.25) is 5.91 Å². The van der Waals surface area contributed by atoms with E-state index in [1.807, 2.05) is 31.5 Å². The van der Waals surface area contributed by atoms with Gasteiger partial charge in [-0.2, -0.15) is 0 Å². The summed E-state index contributed by atoms with van der Waals surface area (Å²) in [6, 6.07) is 4.53. The second kappa shape index (κ2) is 7.09. The number of carbonyl (C=O) groups excluding carboxylic acids is 1. The smallest absolute Gasteiger partial charge is 0.233 e. The van der Waals surface area contributed by atoms with Crippen LogP contribution in [0.4, 0.5) is 5.69 Å². The fraction of sp³-hybridized carbons (Fsp3) is 0.571. The number of hydrogen-bond acceptors (Lipinski definition) is 4. The van der Waals surface area contributed by atoms with Crippen molar-refractivity contribution in [3.05, 3.63) is 24.5 Å². The second-order valence-electron chi connectivity index (χ2n) is 4.80. The van der Waals surface area contributed by atoms with E-state index in [1.165, 1.54) is 5.69 Å². The zero-order valence-electron chi connectivity index (χ0n) is 11.4. The van der Waals surface area contributed by atoms with Crippen LogP contribution in [0.3, 0.4) is 0 Å². The molecule has 1 amide bonds. The van der Waals surface area contributed by atoms with Crippen molar-refractivity contribution in [3.63, 3.8) is 0 Å². The Morgan fingerprint density at radius 3 is 2.68 bits per heavy atom. The average molecular weight is 262 g/mol. The molecule has 2 rings (SSSR count). The number of likely N-dealkylation sites (N-methyl/N-ethyl adjacent to an activating group) is 1. The summed E-state index contributed by atoms with van der Waals surface area (Å²) in [5.41, 5.74) is 1.23. The van der Waals surface area contributed by atoms with Crippen molar-refractivity contribution < 1.29 is 4.79 Å². The molecule has 0 atom stereocenters. The molecule has 0 spiro atoms. The molecular formula is C14H22N4O. The number of anilines is 1. The molecule has 19 heavy (non-hydrogen) atoms. The number of piperidine rings is 1. The second-order valence-corrected chi connectivity index (χ2v) is 4.80. The predicted octanol–water partition coefficient (Wildman–Crippen LogP) is 0.776. The van der Waals surface area contributed by atoms with E-state index in [0.717, 1.165) is 25.9 Å². The molecule has 1 saturated heterocycles. The third-order valence-corrected chi connectivity index (χ3v) is 3.45. The lowest BCUT2D eigenvalue weighted by Gasteiger charge is -2.33. The number of hydrogen-bond donors (Lipinski definition) is 2. The molecule has 0 aromatic carbocycles. The molecule has 2 N–H and O–H groups in total. The van der Waals surface area contributed by atoms with Crippen molar-refractivity contribution in [2.75, 3.05) is 31.1 Å². The van der Waals surface area contributed by atoms with Crippen LogP contribution < -0.4 is 15.5 Å². The van der Waals surface area contributed by atoms with Gasteiger partial charge in [-0.3, -0.25) is 9.78 Å². The van der Waals surface area contributed by atoms with Gasteiger partial charge in [0, 0.05) is 43.8 Å². The Morgan fingerprint density at radius 2 is 2.05 bits per heavy atom. The van der Waals surface area contributed by atoms with Crippen LogP contribution in [0.25, 0.3) is 0 Å². The molecule has 104 valence electrons. The summed E-state index contributed by atoms with van der Waals surface area (Å²) >= 11 is 0. The van der Waals surface area contributed by atoms with Gasteiger partial charge in [0.1, 0.15) is 0 Å². The molecule has 5 nitrogen and oxygen atoms in total. The monoisotopic (exact) mass is 262 g/mol. The van der Waals surface area contributed by atoms with Gasteiger partial charge < -0.3 is 15.5 Å². The normalized spacial score (nSPS) is 16.4. The lowest BCUT2D eigenvalue weighted by molar-refractivity contribution is -0.120. The van der Waals surface area contributed by atoms with Crippen molar-refractivity contribution in [1.29, 1.82) is 0 Å². The summed E-state index contributed by atoms with van der Waals surface area (Å²) in [4.78, 5) is 17.8. The zero-order valence-corrected chi connectivity index (χ0v) is 11.4. The minimum absolute atomic E-state index is 0.0825. The number of amides is 1. The quantitative estimate of drug-likeness (QED) is 0.823. The summed E-state index contributed by atoms with van der Waals surface area (Å²) in [5, 5.41) is 6.13. The molecule has 0 aliphatic carbocycles. The highest BCUT2D eigenvalue weighted by atomic mass is 16.1. The first-order valence-corrected chi connectivity index (χ1v) is 6.94. The van der Waals surface area contributed by atoms with E-state index < -0.39 is 0 Å². The predicted molar refractivity (Wildman–Crippen MR) is 76.2 cm³/mol. The first kappa shape index (κ1) is 13.8. The van der Waals surface area contributed by atoms with Gasteiger partial charge in [-0.05, 0) is 31.9 Å². The molecule has 0 radical (unpaired) electrons. The summed E-state index contributed by atoms with van der Waals surface area (Å²) in [5.74, 6) is 0.0825. The van der Waals surface area contributed by atoms with Crippen LogP contribution in [-0.4, -0.2) is 43.1 Å². The highest BCUT2D eigenvalue weighted by Crippen LogP contribution is 2.18. The van der Waals surface area contributed by atoms with Gasteiger partial charge in [-0.25, -0.2) is 0 Å². The Morgan fingerprint density at radius 1 is 1.37 bits per heavy atom. The van der Waals surface area contributed by atoms with Crippen molar-refractivity contribution in [2.45, 2.75) is 25.8 Å². The van der Waals surface area contributed by atoms with Crippen LogP contribution in [0.15, 0.2) is 24.5 Å². The van der Waals surface area contributed by atoms with Crippen LogP contribution in [0, 0.1) is 0 Å². The van der Waals surface area contributed by atoms with Gasteiger partial charge in [0.15, 0.2) is 0 Å². The first-order valence-electron chi connectivity index (χ1n) is 6.94. The molecule has 1 aromatic heterocycles. The fourth-order valence-corrected chi connectivity index (χ4v) is 2.39. The van der Waals surface area contributed by atoms with E-state index in [1.54, 1.807) is 0 Å². The van der Waals surface area contributed by atoms with Crippen LogP contribution in [0.2, 0.25) is 0 Å². The van der Waals surface area contributed by atoms with Crippen LogP contribution in [0.5, 0.6) is 0 Å². The van der Waals surface area contributed by atoms with Gasteiger partial charge >= 0.3 is 0 Å². The van der Waals surface area contributed by atoms with Gasteiger partial charge in [-0.15, -0.1) is 0 Å². The van der Waals surface area contributed by atoms with E-state index in [0.29, 0.717) is 19.1 Å². The van der Waals surface area contributed by atoms with Gasteiger partial charge in [-0.1, -0.05) is 0 Å². The summed E-state index contributed by atoms with van der Waals surface area (Å²) in [6.07, 6.45) is 5.80. The third kappa shape index (κ3) is 4.21. The van der Waals surface area contributed by atoms with E-state index in [2.05, 4.69) is 20.5 Å². The number of nitrogens with one attached hydrogen (secondary N) is 2. The van der Waals surface area contributed by atoms with E-state index in [4.69, 9.17) is 0 Å². The summed E-state index contributed by atoms with van der Waals surface area (Å²) in [7, 11) is 0.